The first-order valence-corrected chi connectivity index (χ1v) is 9.22. The van der Waals surface area contributed by atoms with E-state index in [1.54, 1.807) is 24.4 Å². The zero-order valence-corrected chi connectivity index (χ0v) is 16.3. The van der Waals surface area contributed by atoms with Crippen LogP contribution in [0, 0.1) is 0 Å². The van der Waals surface area contributed by atoms with Gasteiger partial charge in [-0.15, -0.1) is 0 Å². The highest BCUT2D eigenvalue weighted by molar-refractivity contribution is 6.03. The molecule has 0 spiro atoms. The lowest BCUT2D eigenvalue weighted by molar-refractivity contribution is -0.137. The predicted molar refractivity (Wildman–Crippen MR) is 106 cm³/mol. The van der Waals surface area contributed by atoms with Crippen LogP contribution in [0.25, 0.3) is 0 Å². The van der Waals surface area contributed by atoms with Gasteiger partial charge in [0.15, 0.2) is 0 Å². The Morgan fingerprint density at radius 2 is 2.03 bits per heavy atom. The number of benzene rings is 1. The number of ether oxygens (including phenoxy) is 2. The highest BCUT2D eigenvalue weighted by Gasteiger charge is 2.38. The van der Waals surface area contributed by atoms with E-state index in [0.717, 1.165) is 12.1 Å². The van der Waals surface area contributed by atoms with Crippen molar-refractivity contribution in [3.05, 3.63) is 72.2 Å². The third-order valence-electron chi connectivity index (χ3n) is 4.69. The van der Waals surface area contributed by atoms with Crippen molar-refractivity contribution in [2.24, 2.45) is 0 Å². The average Bonchev–Trinajstić information content (AvgIpc) is 3.12. The summed E-state index contributed by atoms with van der Waals surface area (Å²) < 4.78 is 50.4. The van der Waals surface area contributed by atoms with E-state index >= 15 is 0 Å². The van der Waals surface area contributed by atoms with E-state index in [-0.39, 0.29) is 18.0 Å². The van der Waals surface area contributed by atoms with Crippen molar-refractivity contribution in [2.45, 2.75) is 18.8 Å². The van der Waals surface area contributed by atoms with E-state index in [2.05, 4.69) is 15.3 Å². The van der Waals surface area contributed by atoms with Gasteiger partial charge in [0.05, 0.1) is 17.4 Å². The number of urea groups is 1. The summed E-state index contributed by atoms with van der Waals surface area (Å²) in [5, 5.41) is 2.66. The monoisotopic (exact) mass is 430 g/mol. The Morgan fingerprint density at radius 1 is 1.19 bits per heavy atom. The third kappa shape index (κ3) is 4.43. The molecule has 1 aromatic carbocycles. The van der Waals surface area contributed by atoms with E-state index in [1.807, 2.05) is 0 Å². The molecule has 0 saturated heterocycles. The number of methoxy groups -OCH3 is 1. The Labute approximate surface area is 175 Å². The van der Waals surface area contributed by atoms with Crippen molar-refractivity contribution in [3.8, 4) is 11.6 Å². The van der Waals surface area contributed by atoms with Crippen LogP contribution in [-0.4, -0.2) is 29.3 Å². The first kappa shape index (κ1) is 20.6. The van der Waals surface area contributed by atoms with E-state index in [0.29, 0.717) is 17.0 Å². The highest BCUT2D eigenvalue weighted by atomic mass is 19.4. The predicted octanol–water partition coefficient (Wildman–Crippen LogP) is 4.85. The summed E-state index contributed by atoms with van der Waals surface area (Å²) in [6.45, 7) is 0. The topological polar surface area (TPSA) is 76.6 Å². The highest BCUT2D eigenvalue weighted by Crippen LogP contribution is 2.38. The Bertz CT molecular complexity index is 1090. The Balaban J connectivity index is 1.57. The SMILES string of the molecule is COC1Cc2ccc(C(F)(F)F)cc2N1C(=O)Nc1ccnc(Oc2cccnc2)c1. The second-order valence-electron chi connectivity index (χ2n) is 6.71. The van der Waals surface area contributed by atoms with Crippen LogP contribution in [-0.2, 0) is 17.3 Å². The smallest absolute Gasteiger partial charge is 0.416 e. The molecule has 1 N–H and O–H groups in total. The second kappa shape index (κ2) is 8.23. The molecule has 0 fully saturated rings. The number of aromatic nitrogens is 2. The minimum Gasteiger partial charge on any atom is -0.437 e. The Morgan fingerprint density at radius 3 is 2.74 bits per heavy atom. The lowest BCUT2D eigenvalue weighted by atomic mass is 10.1. The van der Waals surface area contributed by atoms with E-state index in [9.17, 15) is 18.0 Å². The van der Waals surface area contributed by atoms with Gasteiger partial charge in [0.2, 0.25) is 5.88 Å². The van der Waals surface area contributed by atoms with Gasteiger partial charge < -0.3 is 14.8 Å². The maximum atomic E-state index is 13.2. The van der Waals surface area contributed by atoms with Crippen LogP contribution in [0.3, 0.4) is 0 Å². The largest absolute Gasteiger partial charge is 0.437 e. The molecule has 3 heterocycles. The van der Waals surface area contributed by atoms with Crippen LogP contribution >= 0.6 is 0 Å². The summed E-state index contributed by atoms with van der Waals surface area (Å²) in [6.07, 6.45) is -0.424. The molecule has 0 bridgehead atoms. The number of carbonyl (C=O) groups excluding carboxylic acids is 1. The molecular formula is C21H17F3N4O3. The van der Waals surface area contributed by atoms with Crippen LogP contribution < -0.4 is 15.0 Å². The number of hydrogen-bond donors (Lipinski definition) is 1. The standard InChI is InChI=1S/C21H17F3N4O3/c1-30-19-9-13-4-5-14(21(22,23)24)10-17(13)28(19)20(29)27-15-6-8-26-18(11-15)31-16-3-2-7-25-12-16/h2-8,10-12,19H,9H2,1H3,(H,26,27,29). The number of anilines is 2. The van der Waals surface area contributed by atoms with Gasteiger partial charge in [-0.1, -0.05) is 6.07 Å². The Hall–Kier alpha value is -3.66. The van der Waals surface area contributed by atoms with Crippen molar-refractivity contribution >= 4 is 17.4 Å². The molecule has 1 atom stereocenters. The number of halogens is 3. The fraction of sp³-hybridized carbons (Fsp3) is 0.190. The number of nitrogens with one attached hydrogen (secondary N) is 1. The molecule has 2 aromatic heterocycles. The molecule has 0 saturated carbocycles. The summed E-state index contributed by atoms with van der Waals surface area (Å²) in [5.41, 5.74) is 0.261. The molecule has 7 nitrogen and oxygen atoms in total. The van der Waals surface area contributed by atoms with E-state index in [4.69, 9.17) is 9.47 Å². The fourth-order valence-electron chi connectivity index (χ4n) is 3.26. The van der Waals surface area contributed by atoms with E-state index in [1.165, 1.54) is 36.5 Å². The number of amides is 2. The van der Waals surface area contributed by atoms with Gasteiger partial charge in [-0.05, 0) is 35.9 Å². The molecule has 1 aliphatic heterocycles. The molecule has 31 heavy (non-hydrogen) atoms. The summed E-state index contributed by atoms with van der Waals surface area (Å²) in [6, 6.07) is 9.12. The summed E-state index contributed by atoms with van der Waals surface area (Å²) >= 11 is 0. The molecule has 10 heteroatoms. The lowest BCUT2D eigenvalue weighted by Gasteiger charge is -2.25. The van der Waals surface area contributed by atoms with Crippen molar-refractivity contribution in [2.75, 3.05) is 17.3 Å². The number of hydrogen-bond acceptors (Lipinski definition) is 5. The molecule has 2 amide bonds. The zero-order chi connectivity index (χ0) is 22.0. The van der Waals surface area contributed by atoms with Crippen molar-refractivity contribution in [1.82, 2.24) is 9.97 Å². The van der Waals surface area contributed by atoms with Crippen molar-refractivity contribution < 1.29 is 27.4 Å². The third-order valence-corrected chi connectivity index (χ3v) is 4.69. The fourth-order valence-corrected chi connectivity index (χ4v) is 3.26. The molecule has 1 unspecified atom stereocenters. The zero-order valence-electron chi connectivity index (χ0n) is 16.3. The maximum absolute atomic E-state index is 13.2. The number of fused-ring (bicyclic) bond motifs is 1. The summed E-state index contributed by atoms with van der Waals surface area (Å²) in [7, 11) is 1.40. The molecule has 0 radical (unpaired) electrons. The van der Waals surface area contributed by atoms with Crippen molar-refractivity contribution in [1.29, 1.82) is 0 Å². The van der Waals surface area contributed by atoms with Crippen molar-refractivity contribution in [3.63, 3.8) is 0 Å². The van der Waals surface area contributed by atoms with Crippen LogP contribution in [0.1, 0.15) is 11.1 Å². The normalized spacial score (nSPS) is 15.5. The first-order valence-electron chi connectivity index (χ1n) is 9.22. The van der Waals surface area contributed by atoms with Crippen LogP contribution in [0.4, 0.5) is 29.3 Å². The second-order valence-corrected chi connectivity index (χ2v) is 6.71. The van der Waals surface area contributed by atoms with Gasteiger partial charge in [-0.3, -0.25) is 9.88 Å². The van der Waals surface area contributed by atoms with Gasteiger partial charge in [0.1, 0.15) is 12.0 Å². The molecule has 160 valence electrons. The molecule has 0 aliphatic carbocycles. The lowest BCUT2D eigenvalue weighted by Crippen LogP contribution is -2.41. The molecule has 3 aromatic rings. The molecule has 4 rings (SSSR count). The Kier molecular flexibility index (Phi) is 5.47. The minimum atomic E-state index is -4.52. The average molecular weight is 430 g/mol. The van der Waals surface area contributed by atoms with Crippen LogP contribution in [0.5, 0.6) is 11.6 Å². The number of rotatable bonds is 4. The maximum Gasteiger partial charge on any atom is 0.416 e. The van der Waals surface area contributed by atoms with Gasteiger partial charge in [0.25, 0.3) is 0 Å². The van der Waals surface area contributed by atoms with Gasteiger partial charge in [-0.2, -0.15) is 13.2 Å². The quantitative estimate of drug-likeness (QED) is 0.640. The minimum absolute atomic E-state index is 0.153. The molecular weight excluding hydrogens is 413 g/mol. The van der Waals surface area contributed by atoms with Gasteiger partial charge in [0, 0.05) is 37.7 Å². The van der Waals surface area contributed by atoms with Crippen LogP contribution in [0.15, 0.2) is 61.1 Å². The number of pyridine rings is 2. The number of carbonyl (C=O) groups is 1. The summed E-state index contributed by atoms with van der Waals surface area (Å²) in [4.78, 5) is 22.2. The van der Waals surface area contributed by atoms with Gasteiger partial charge in [-0.25, -0.2) is 9.78 Å². The first-order chi connectivity index (χ1) is 14.8. The van der Waals surface area contributed by atoms with Crippen LogP contribution in [0.2, 0.25) is 0 Å². The molecule has 1 aliphatic rings. The number of alkyl halides is 3. The van der Waals surface area contributed by atoms with Gasteiger partial charge >= 0.3 is 12.2 Å². The summed E-state index contributed by atoms with van der Waals surface area (Å²) in [5.74, 6) is 0.682. The number of nitrogens with zero attached hydrogens (tertiary/aromatic N) is 3. The van der Waals surface area contributed by atoms with E-state index < -0.39 is 24.0 Å².